The van der Waals surface area contributed by atoms with Crippen LogP contribution < -0.4 is 10.6 Å². The first-order chi connectivity index (χ1) is 11.2. The molecule has 3 rings (SSSR count). The molecule has 120 valence electrons. The van der Waals surface area contributed by atoms with Crippen LogP contribution >= 0.6 is 0 Å². The van der Waals surface area contributed by atoms with E-state index in [1.54, 1.807) is 19.4 Å². The Hall–Kier alpha value is -2.20. The Balaban J connectivity index is 1.88. The zero-order valence-electron chi connectivity index (χ0n) is 13.5. The summed E-state index contributed by atoms with van der Waals surface area (Å²) in [5, 5.41) is 6.30. The van der Waals surface area contributed by atoms with E-state index in [2.05, 4.69) is 39.9 Å². The van der Waals surface area contributed by atoms with Gasteiger partial charge in [-0.25, -0.2) is 0 Å². The molecule has 2 heterocycles. The number of rotatable bonds is 4. The Bertz CT molecular complexity index is 663. The molecule has 4 heteroatoms. The van der Waals surface area contributed by atoms with Crippen molar-refractivity contribution >= 4 is 5.91 Å². The molecule has 4 nitrogen and oxygen atoms in total. The number of amides is 1. The third-order valence-corrected chi connectivity index (χ3v) is 4.60. The number of pyridine rings is 1. The lowest BCUT2D eigenvalue weighted by Crippen LogP contribution is -2.59. The van der Waals surface area contributed by atoms with E-state index in [-0.39, 0.29) is 5.91 Å². The smallest absolute Gasteiger partial charge is 0.240 e. The maximum atomic E-state index is 12.5. The molecule has 23 heavy (non-hydrogen) atoms. The number of likely N-dealkylation sites (N-methyl/N-ethyl adjacent to an activating group) is 1. The molecule has 0 spiro atoms. The van der Waals surface area contributed by atoms with Gasteiger partial charge in [0.2, 0.25) is 5.91 Å². The van der Waals surface area contributed by atoms with Gasteiger partial charge in [0.05, 0.1) is 0 Å². The van der Waals surface area contributed by atoms with Gasteiger partial charge in [-0.05, 0) is 61.1 Å². The SMILES string of the molecule is CNC(=O)C1(Cc2cccc(-c3ccncc3)c2)CCCCN1. The van der Waals surface area contributed by atoms with Crippen LogP contribution in [-0.4, -0.2) is 30.0 Å². The highest BCUT2D eigenvalue weighted by atomic mass is 16.2. The Morgan fingerprint density at radius 3 is 2.74 bits per heavy atom. The fourth-order valence-corrected chi connectivity index (χ4v) is 3.39. The lowest BCUT2D eigenvalue weighted by atomic mass is 9.82. The third-order valence-electron chi connectivity index (χ3n) is 4.60. The highest BCUT2D eigenvalue weighted by molar-refractivity contribution is 5.86. The van der Waals surface area contributed by atoms with Crippen LogP contribution in [0.2, 0.25) is 0 Å². The topological polar surface area (TPSA) is 54.0 Å². The van der Waals surface area contributed by atoms with Crippen molar-refractivity contribution in [2.24, 2.45) is 0 Å². The standard InChI is InChI=1S/C19H23N3O/c1-20-18(23)19(9-2-3-10-22-19)14-15-5-4-6-17(13-15)16-7-11-21-12-8-16/h4-8,11-13,22H,2-3,9-10,14H2,1H3,(H,20,23). The molecule has 0 saturated carbocycles. The van der Waals surface area contributed by atoms with E-state index in [0.29, 0.717) is 6.42 Å². The number of piperidine rings is 1. The molecule has 2 N–H and O–H groups in total. The molecule has 1 aliphatic rings. The molecule has 1 unspecified atom stereocenters. The molecule has 1 fully saturated rings. The Kier molecular flexibility index (Phi) is 4.72. The average molecular weight is 309 g/mol. The molecule has 1 saturated heterocycles. The fraction of sp³-hybridized carbons (Fsp3) is 0.368. The molecule has 1 atom stereocenters. The van der Waals surface area contributed by atoms with Crippen molar-refractivity contribution in [3.63, 3.8) is 0 Å². The van der Waals surface area contributed by atoms with Gasteiger partial charge in [0.25, 0.3) is 0 Å². The molecule has 1 aromatic heterocycles. The van der Waals surface area contributed by atoms with Gasteiger partial charge in [0, 0.05) is 19.4 Å². The molecular formula is C19H23N3O. The van der Waals surface area contributed by atoms with E-state index in [0.717, 1.165) is 36.9 Å². The number of nitrogens with one attached hydrogen (secondary N) is 2. The van der Waals surface area contributed by atoms with Crippen molar-refractivity contribution in [1.29, 1.82) is 0 Å². The van der Waals surface area contributed by atoms with Gasteiger partial charge < -0.3 is 10.6 Å². The van der Waals surface area contributed by atoms with Crippen molar-refractivity contribution in [3.8, 4) is 11.1 Å². The lowest BCUT2D eigenvalue weighted by molar-refractivity contribution is -0.128. The van der Waals surface area contributed by atoms with E-state index in [1.807, 2.05) is 12.1 Å². The third kappa shape index (κ3) is 3.42. The molecule has 2 aromatic rings. The van der Waals surface area contributed by atoms with Crippen molar-refractivity contribution in [2.75, 3.05) is 13.6 Å². The zero-order chi connectivity index (χ0) is 16.1. The minimum absolute atomic E-state index is 0.0894. The predicted molar refractivity (Wildman–Crippen MR) is 92.0 cm³/mol. The van der Waals surface area contributed by atoms with E-state index < -0.39 is 5.54 Å². The Morgan fingerprint density at radius 1 is 1.22 bits per heavy atom. The maximum Gasteiger partial charge on any atom is 0.240 e. The second-order valence-corrected chi connectivity index (χ2v) is 6.16. The van der Waals surface area contributed by atoms with Crippen LogP contribution in [0.1, 0.15) is 24.8 Å². The number of aromatic nitrogens is 1. The second-order valence-electron chi connectivity index (χ2n) is 6.16. The van der Waals surface area contributed by atoms with Gasteiger partial charge in [-0.2, -0.15) is 0 Å². The van der Waals surface area contributed by atoms with E-state index >= 15 is 0 Å². The van der Waals surface area contributed by atoms with Crippen LogP contribution in [-0.2, 0) is 11.2 Å². The Labute approximate surface area is 137 Å². The highest BCUT2D eigenvalue weighted by Gasteiger charge is 2.38. The average Bonchev–Trinajstić information content (AvgIpc) is 2.63. The molecule has 1 aliphatic heterocycles. The van der Waals surface area contributed by atoms with Crippen LogP contribution in [0.3, 0.4) is 0 Å². The first-order valence-electron chi connectivity index (χ1n) is 8.20. The normalized spacial score (nSPS) is 20.9. The number of hydrogen-bond acceptors (Lipinski definition) is 3. The summed E-state index contributed by atoms with van der Waals surface area (Å²) in [6, 6.07) is 12.5. The van der Waals surface area contributed by atoms with Gasteiger partial charge in [0.15, 0.2) is 0 Å². The van der Waals surface area contributed by atoms with Gasteiger partial charge in [0.1, 0.15) is 5.54 Å². The maximum absolute atomic E-state index is 12.5. The summed E-state index contributed by atoms with van der Waals surface area (Å²) in [6.45, 7) is 0.900. The summed E-state index contributed by atoms with van der Waals surface area (Å²) in [5.74, 6) is 0.0894. The fourth-order valence-electron chi connectivity index (χ4n) is 3.39. The van der Waals surface area contributed by atoms with Crippen molar-refractivity contribution < 1.29 is 4.79 Å². The highest BCUT2D eigenvalue weighted by Crippen LogP contribution is 2.27. The molecule has 0 radical (unpaired) electrons. The number of benzene rings is 1. The molecule has 1 amide bonds. The van der Waals surface area contributed by atoms with Crippen molar-refractivity contribution in [1.82, 2.24) is 15.6 Å². The minimum atomic E-state index is -0.482. The van der Waals surface area contributed by atoms with Crippen LogP contribution in [0, 0.1) is 0 Å². The van der Waals surface area contributed by atoms with Gasteiger partial charge in [-0.3, -0.25) is 9.78 Å². The van der Waals surface area contributed by atoms with Crippen LogP contribution in [0.5, 0.6) is 0 Å². The van der Waals surface area contributed by atoms with Crippen molar-refractivity contribution in [3.05, 3.63) is 54.4 Å². The molecular weight excluding hydrogens is 286 g/mol. The minimum Gasteiger partial charge on any atom is -0.358 e. The van der Waals surface area contributed by atoms with Gasteiger partial charge in [-0.15, -0.1) is 0 Å². The monoisotopic (exact) mass is 309 g/mol. The predicted octanol–water partition coefficient (Wildman–Crippen LogP) is 2.55. The lowest BCUT2D eigenvalue weighted by Gasteiger charge is -2.37. The summed E-state index contributed by atoms with van der Waals surface area (Å²) in [5.41, 5.74) is 3.00. The van der Waals surface area contributed by atoms with Gasteiger partial charge in [-0.1, -0.05) is 24.3 Å². The number of carbonyl (C=O) groups excluding carboxylic acids is 1. The summed E-state index contributed by atoms with van der Waals surface area (Å²) in [7, 11) is 1.72. The summed E-state index contributed by atoms with van der Waals surface area (Å²) in [4.78, 5) is 16.5. The van der Waals surface area contributed by atoms with Crippen LogP contribution in [0.4, 0.5) is 0 Å². The quantitative estimate of drug-likeness (QED) is 0.912. The second kappa shape index (κ2) is 6.92. The summed E-state index contributed by atoms with van der Waals surface area (Å²) < 4.78 is 0. The first kappa shape index (κ1) is 15.7. The number of carbonyl (C=O) groups is 1. The van der Waals surface area contributed by atoms with E-state index in [1.165, 1.54) is 5.56 Å². The molecule has 0 aliphatic carbocycles. The van der Waals surface area contributed by atoms with Crippen molar-refractivity contribution in [2.45, 2.75) is 31.2 Å². The number of nitrogens with zero attached hydrogens (tertiary/aromatic N) is 1. The van der Waals surface area contributed by atoms with Crippen LogP contribution in [0.25, 0.3) is 11.1 Å². The first-order valence-corrected chi connectivity index (χ1v) is 8.20. The zero-order valence-corrected chi connectivity index (χ0v) is 13.5. The molecule has 0 bridgehead atoms. The summed E-state index contributed by atoms with van der Waals surface area (Å²) in [6.07, 6.45) is 7.42. The number of hydrogen-bond donors (Lipinski definition) is 2. The van der Waals surface area contributed by atoms with E-state index in [4.69, 9.17) is 0 Å². The molecule has 1 aromatic carbocycles. The van der Waals surface area contributed by atoms with Gasteiger partial charge >= 0.3 is 0 Å². The van der Waals surface area contributed by atoms with Crippen LogP contribution in [0.15, 0.2) is 48.8 Å². The largest absolute Gasteiger partial charge is 0.358 e. The van der Waals surface area contributed by atoms with E-state index in [9.17, 15) is 4.79 Å². The Morgan fingerprint density at radius 2 is 2.04 bits per heavy atom. The summed E-state index contributed by atoms with van der Waals surface area (Å²) >= 11 is 0.